The van der Waals surface area contributed by atoms with Crippen LogP contribution in [0, 0.1) is 0 Å². The summed E-state index contributed by atoms with van der Waals surface area (Å²) in [4.78, 5) is 6.74. The van der Waals surface area contributed by atoms with E-state index in [-0.39, 0.29) is 0 Å². The van der Waals surface area contributed by atoms with Crippen LogP contribution < -0.4 is 10.2 Å². The average molecular weight is 582 g/mol. The standard InChI is InChI=1S/C40H27N3O2/c1-2-7-26(8-3-1)27-13-15-28(16-14-27)30-9-4-5-10-34(30)43(29-17-18-36-31(23-29)32-24-41-21-19-37(32)44-36)35-11-6-12-39-40(35)33-25-42-22-20-38(33)45-39/h1-24,42H,25H2. The maximum Gasteiger partial charge on any atom is 0.138 e. The number of hydrogen-bond acceptors (Lipinski definition) is 5. The van der Waals surface area contributed by atoms with Crippen molar-refractivity contribution in [2.75, 3.05) is 4.90 Å². The van der Waals surface area contributed by atoms with Gasteiger partial charge in [-0.1, -0.05) is 78.9 Å². The summed E-state index contributed by atoms with van der Waals surface area (Å²) in [6.07, 6.45) is 7.60. The van der Waals surface area contributed by atoms with E-state index in [1.807, 2.05) is 30.6 Å². The van der Waals surface area contributed by atoms with Gasteiger partial charge < -0.3 is 19.1 Å². The Hall–Kier alpha value is -6.07. The molecule has 1 aliphatic heterocycles. The third-order valence-corrected chi connectivity index (χ3v) is 8.66. The fourth-order valence-corrected chi connectivity index (χ4v) is 6.54. The molecule has 0 atom stereocenters. The van der Waals surface area contributed by atoms with Crippen LogP contribution in [0.25, 0.3) is 61.2 Å². The number of rotatable bonds is 5. The summed E-state index contributed by atoms with van der Waals surface area (Å²) in [5.74, 6) is 0.892. The number of anilines is 3. The second-order valence-corrected chi connectivity index (χ2v) is 11.3. The monoisotopic (exact) mass is 581 g/mol. The highest BCUT2D eigenvalue weighted by Gasteiger charge is 2.25. The lowest BCUT2D eigenvalue weighted by Gasteiger charge is -2.29. The topological polar surface area (TPSA) is 54.4 Å². The van der Waals surface area contributed by atoms with Crippen LogP contribution in [-0.2, 0) is 6.54 Å². The molecule has 5 nitrogen and oxygen atoms in total. The normalized spacial score (nSPS) is 12.4. The largest absolute Gasteiger partial charge is 0.456 e. The van der Waals surface area contributed by atoms with Crippen LogP contribution in [0.15, 0.2) is 149 Å². The van der Waals surface area contributed by atoms with Crippen molar-refractivity contribution in [2.24, 2.45) is 0 Å². The molecule has 0 amide bonds. The summed E-state index contributed by atoms with van der Waals surface area (Å²) in [6, 6.07) is 42.6. The molecular formula is C40H27N3O2. The van der Waals surface area contributed by atoms with Gasteiger partial charge in [-0.15, -0.1) is 0 Å². The van der Waals surface area contributed by atoms with Crippen LogP contribution in [-0.4, -0.2) is 4.98 Å². The summed E-state index contributed by atoms with van der Waals surface area (Å²) < 4.78 is 12.5. The zero-order valence-electron chi connectivity index (χ0n) is 24.3. The Balaban J connectivity index is 1.28. The van der Waals surface area contributed by atoms with Crippen molar-refractivity contribution in [2.45, 2.75) is 6.54 Å². The molecule has 45 heavy (non-hydrogen) atoms. The number of benzene rings is 5. The van der Waals surface area contributed by atoms with E-state index in [4.69, 9.17) is 8.83 Å². The van der Waals surface area contributed by atoms with Crippen molar-refractivity contribution in [1.29, 1.82) is 0 Å². The van der Waals surface area contributed by atoms with E-state index in [2.05, 4.69) is 124 Å². The zero-order valence-corrected chi connectivity index (χ0v) is 24.3. The Kier molecular flexibility index (Phi) is 5.81. The van der Waals surface area contributed by atoms with E-state index in [1.165, 1.54) is 11.1 Å². The Morgan fingerprint density at radius 2 is 1.40 bits per heavy atom. The fourth-order valence-electron chi connectivity index (χ4n) is 6.54. The molecule has 214 valence electrons. The van der Waals surface area contributed by atoms with E-state index >= 15 is 0 Å². The molecule has 8 aromatic rings. The quantitative estimate of drug-likeness (QED) is 0.219. The maximum atomic E-state index is 6.36. The third-order valence-electron chi connectivity index (χ3n) is 8.66. The lowest BCUT2D eigenvalue weighted by Crippen LogP contribution is -2.13. The van der Waals surface area contributed by atoms with Gasteiger partial charge in [-0.25, -0.2) is 0 Å². The number of fused-ring (bicyclic) bond motifs is 6. The van der Waals surface area contributed by atoms with Crippen LogP contribution in [0.3, 0.4) is 0 Å². The molecule has 0 radical (unpaired) electrons. The molecule has 0 spiro atoms. The predicted octanol–water partition coefficient (Wildman–Crippen LogP) is 10.6. The number of aromatic nitrogens is 1. The summed E-state index contributed by atoms with van der Waals surface area (Å²) in [5, 5.41) is 6.50. The molecule has 5 heteroatoms. The highest BCUT2D eigenvalue weighted by atomic mass is 16.3. The zero-order chi connectivity index (χ0) is 29.7. The summed E-state index contributed by atoms with van der Waals surface area (Å²) >= 11 is 0. The van der Waals surface area contributed by atoms with Crippen LogP contribution in [0.5, 0.6) is 0 Å². The number of para-hydroxylation sites is 1. The van der Waals surface area contributed by atoms with Crippen molar-refractivity contribution < 1.29 is 8.83 Å². The van der Waals surface area contributed by atoms with Gasteiger partial charge in [-0.3, -0.25) is 4.98 Å². The average Bonchev–Trinajstić information content (AvgIpc) is 3.68. The fraction of sp³-hybridized carbons (Fsp3) is 0.0250. The Morgan fingerprint density at radius 3 is 2.31 bits per heavy atom. The van der Waals surface area contributed by atoms with Gasteiger partial charge in [0.1, 0.15) is 22.5 Å². The van der Waals surface area contributed by atoms with Crippen molar-refractivity contribution in [3.63, 3.8) is 0 Å². The lowest BCUT2D eigenvalue weighted by atomic mass is 9.97. The summed E-state index contributed by atoms with van der Waals surface area (Å²) in [6.45, 7) is 0.698. The van der Waals surface area contributed by atoms with Gasteiger partial charge >= 0.3 is 0 Å². The van der Waals surface area contributed by atoms with Crippen molar-refractivity contribution in [3.05, 3.63) is 151 Å². The van der Waals surface area contributed by atoms with E-state index in [0.717, 1.165) is 72.4 Å². The Labute approximate surface area is 259 Å². The van der Waals surface area contributed by atoms with Gasteiger partial charge in [0.15, 0.2) is 0 Å². The molecule has 1 aliphatic rings. The first-order valence-corrected chi connectivity index (χ1v) is 15.1. The molecule has 0 unspecified atom stereocenters. The number of furan rings is 2. The Morgan fingerprint density at radius 1 is 0.622 bits per heavy atom. The third kappa shape index (κ3) is 4.20. The SMILES string of the molecule is C1=Cc2oc3cccc(N(c4ccc5oc6ccncc6c5c4)c4ccccc4-c4ccc(-c5ccccc5)cc4)c3c2CN1. The molecule has 4 heterocycles. The second-order valence-electron chi connectivity index (χ2n) is 11.3. The van der Waals surface area contributed by atoms with Gasteiger partial charge in [-0.05, 0) is 65.2 Å². The molecule has 5 aromatic carbocycles. The molecular weight excluding hydrogens is 554 g/mol. The highest BCUT2D eigenvalue weighted by molar-refractivity contribution is 6.08. The number of nitrogens with zero attached hydrogens (tertiary/aromatic N) is 2. The lowest BCUT2D eigenvalue weighted by molar-refractivity contribution is 0.592. The number of nitrogens with one attached hydrogen (secondary N) is 1. The molecule has 0 bridgehead atoms. The molecule has 0 fully saturated rings. The first-order chi connectivity index (χ1) is 22.3. The minimum Gasteiger partial charge on any atom is -0.456 e. The van der Waals surface area contributed by atoms with Crippen LogP contribution in [0.4, 0.5) is 17.1 Å². The summed E-state index contributed by atoms with van der Waals surface area (Å²) in [5.41, 5.74) is 11.5. The molecule has 1 N–H and O–H groups in total. The second kappa shape index (κ2) is 10.3. The minimum absolute atomic E-state index is 0.698. The molecule has 0 saturated carbocycles. The maximum absolute atomic E-state index is 6.36. The number of hydrogen-bond donors (Lipinski definition) is 1. The van der Waals surface area contributed by atoms with Gasteiger partial charge in [0.2, 0.25) is 0 Å². The first-order valence-electron chi connectivity index (χ1n) is 15.1. The molecule has 0 saturated heterocycles. The van der Waals surface area contributed by atoms with Crippen molar-refractivity contribution >= 4 is 56.0 Å². The van der Waals surface area contributed by atoms with Crippen molar-refractivity contribution in [1.82, 2.24) is 10.3 Å². The minimum atomic E-state index is 0.698. The smallest absolute Gasteiger partial charge is 0.138 e. The van der Waals surface area contributed by atoms with Crippen molar-refractivity contribution in [3.8, 4) is 22.3 Å². The van der Waals surface area contributed by atoms with Crippen LogP contribution in [0.1, 0.15) is 11.3 Å². The molecule has 0 aliphatic carbocycles. The van der Waals surface area contributed by atoms with E-state index < -0.39 is 0 Å². The summed E-state index contributed by atoms with van der Waals surface area (Å²) in [7, 11) is 0. The first kappa shape index (κ1) is 25.4. The van der Waals surface area contributed by atoms with E-state index in [1.54, 1.807) is 6.20 Å². The predicted molar refractivity (Wildman–Crippen MR) is 183 cm³/mol. The van der Waals surface area contributed by atoms with Crippen LogP contribution >= 0.6 is 0 Å². The van der Waals surface area contributed by atoms with Gasteiger partial charge in [-0.2, -0.15) is 0 Å². The highest BCUT2D eigenvalue weighted by Crippen LogP contribution is 2.46. The van der Waals surface area contributed by atoms with Crippen LogP contribution in [0.2, 0.25) is 0 Å². The van der Waals surface area contributed by atoms with Gasteiger partial charge in [0.25, 0.3) is 0 Å². The van der Waals surface area contributed by atoms with Gasteiger partial charge in [0, 0.05) is 58.1 Å². The van der Waals surface area contributed by atoms with E-state index in [9.17, 15) is 0 Å². The molecule has 3 aromatic heterocycles. The van der Waals surface area contributed by atoms with Gasteiger partial charge in [0.05, 0.1) is 11.4 Å². The number of pyridine rings is 1. The Bertz CT molecular complexity index is 2380. The molecule has 9 rings (SSSR count). The van der Waals surface area contributed by atoms with E-state index in [0.29, 0.717) is 6.54 Å².